The Morgan fingerprint density at radius 1 is 0.850 bits per heavy atom. The van der Waals surface area contributed by atoms with Gasteiger partial charge in [0.2, 0.25) is 0 Å². The summed E-state index contributed by atoms with van der Waals surface area (Å²) in [5.74, 6) is -0.965. The number of hydrogen-bond donors (Lipinski definition) is 2. The van der Waals surface area contributed by atoms with E-state index in [1.165, 1.54) is 36.4 Å². The van der Waals surface area contributed by atoms with Gasteiger partial charge in [0.05, 0.1) is 17.7 Å². The summed E-state index contributed by atoms with van der Waals surface area (Å²) in [5, 5.41) is 14.5. The summed E-state index contributed by atoms with van der Waals surface area (Å²) in [7, 11) is 0. The zero-order valence-corrected chi connectivity index (χ0v) is 21.7. The molecule has 4 atom stereocenters. The predicted molar refractivity (Wildman–Crippen MR) is 142 cm³/mol. The number of halogens is 5. The summed E-state index contributed by atoms with van der Waals surface area (Å²) in [6, 6.07) is 23.0. The van der Waals surface area contributed by atoms with Gasteiger partial charge in [-0.3, -0.25) is 4.79 Å². The van der Waals surface area contributed by atoms with E-state index < -0.39 is 35.6 Å². The summed E-state index contributed by atoms with van der Waals surface area (Å²) >= 11 is 5.95. The Morgan fingerprint density at radius 3 is 1.95 bits per heavy atom. The van der Waals surface area contributed by atoms with Crippen molar-refractivity contribution in [2.45, 2.75) is 37.0 Å². The minimum absolute atomic E-state index is 0.0409. The molecule has 0 radical (unpaired) electrons. The topological polar surface area (TPSA) is 61.9 Å². The van der Waals surface area contributed by atoms with Crippen LogP contribution in [0.25, 0.3) is 0 Å². The van der Waals surface area contributed by atoms with Crippen LogP contribution in [-0.4, -0.2) is 17.1 Å². The van der Waals surface area contributed by atoms with Gasteiger partial charge in [-0.1, -0.05) is 60.1 Å². The van der Waals surface area contributed by atoms with Gasteiger partial charge < -0.3 is 15.2 Å². The standard InChI is InChI=1S/C31H24ClF4NO3/c32-24-13-7-21(8-14-24)29-28(40-29)20-3-5-22(6-4-20)30(39)37-26(27(38)19-9-15-25(33)16-10-19)17-18-1-11-23(12-2-18)31(34,35)36/h1-16,26-29,38H,17H2,(H,37,39)/t26?,27?,28-,29+/m0/s1. The number of aliphatic hydroxyl groups excluding tert-OH is 1. The lowest BCUT2D eigenvalue weighted by molar-refractivity contribution is -0.137. The van der Waals surface area contributed by atoms with Crippen molar-refractivity contribution in [3.05, 3.63) is 141 Å². The number of alkyl halides is 3. The van der Waals surface area contributed by atoms with Gasteiger partial charge in [-0.25, -0.2) is 4.39 Å². The number of epoxide rings is 1. The van der Waals surface area contributed by atoms with E-state index in [4.69, 9.17) is 16.3 Å². The molecule has 0 aliphatic carbocycles. The van der Waals surface area contributed by atoms with Crippen molar-refractivity contribution in [3.8, 4) is 0 Å². The molecule has 5 rings (SSSR count). The summed E-state index contributed by atoms with van der Waals surface area (Å²) < 4.78 is 58.2. The van der Waals surface area contributed by atoms with E-state index in [-0.39, 0.29) is 18.6 Å². The Balaban J connectivity index is 1.30. The molecule has 0 spiro atoms. The third-order valence-corrected chi connectivity index (χ3v) is 7.09. The molecule has 0 aromatic heterocycles. The van der Waals surface area contributed by atoms with Crippen molar-refractivity contribution >= 4 is 17.5 Å². The Labute approximate surface area is 233 Å². The largest absolute Gasteiger partial charge is 0.416 e. The summed E-state index contributed by atoms with van der Waals surface area (Å²) in [6.07, 6.45) is -5.93. The van der Waals surface area contributed by atoms with Gasteiger partial charge in [-0.05, 0) is 77.2 Å². The van der Waals surface area contributed by atoms with Gasteiger partial charge in [0.15, 0.2) is 0 Å². The van der Waals surface area contributed by atoms with E-state index >= 15 is 0 Å². The zero-order valence-electron chi connectivity index (χ0n) is 20.9. The second-order valence-corrected chi connectivity index (χ2v) is 10.1. The molecule has 1 heterocycles. The van der Waals surface area contributed by atoms with E-state index in [2.05, 4.69) is 5.32 Å². The third-order valence-electron chi connectivity index (χ3n) is 6.84. The SMILES string of the molecule is O=C(NC(Cc1ccc(C(F)(F)F)cc1)C(O)c1ccc(F)cc1)c1ccc([C@@H]2O[C@@H]2c2ccc(Cl)cc2)cc1. The fraction of sp³-hybridized carbons (Fsp3) is 0.194. The molecule has 9 heteroatoms. The number of carbonyl (C=O) groups excluding carboxylic acids is 1. The van der Waals surface area contributed by atoms with E-state index in [1.54, 1.807) is 36.4 Å². The number of hydrogen-bond acceptors (Lipinski definition) is 3. The van der Waals surface area contributed by atoms with Crippen LogP contribution in [0.15, 0.2) is 97.1 Å². The second-order valence-electron chi connectivity index (χ2n) is 9.63. The number of aliphatic hydroxyl groups is 1. The molecule has 1 aliphatic rings. The molecule has 4 aromatic carbocycles. The minimum Gasteiger partial charge on any atom is -0.386 e. The van der Waals surface area contributed by atoms with Crippen LogP contribution in [0.3, 0.4) is 0 Å². The Morgan fingerprint density at radius 2 is 1.40 bits per heavy atom. The highest BCUT2D eigenvalue weighted by molar-refractivity contribution is 6.30. The number of benzene rings is 4. The van der Waals surface area contributed by atoms with Crippen molar-refractivity contribution in [2.24, 2.45) is 0 Å². The fourth-order valence-corrected chi connectivity index (χ4v) is 4.69. The molecule has 40 heavy (non-hydrogen) atoms. The van der Waals surface area contributed by atoms with Gasteiger partial charge in [0, 0.05) is 10.6 Å². The first-order valence-electron chi connectivity index (χ1n) is 12.5. The monoisotopic (exact) mass is 569 g/mol. The van der Waals surface area contributed by atoms with E-state index in [0.29, 0.717) is 21.7 Å². The Bertz CT molecular complexity index is 1460. The molecule has 4 nitrogen and oxygen atoms in total. The molecule has 206 valence electrons. The van der Waals surface area contributed by atoms with Gasteiger partial charge in [0.25, 0.3) is 5.91 Å². The van der Waals surface area contributed by atoms with Gasteiger partial charge in [0.1, 0.15) is 18.0 Å². The number of carbonyl (C=O) groups is 1. The maximum absolute atomic E-state index is 13.4. The second kappa shape index (κ2) is 11.4. The van der Waals surface area contributed by atoms with Crippen LogP contribution in [0.4, 0.5) is 17.6 Å². The molecule has 1 amide bonds. The lowest BCUT2D eigenvalue weighted by Gasteiger charge is -2.25. The van der Waals surface area contributed by atoms with Crippen molar-refractivity contribution in [1.29, 1.82) is 0 Å². The first-order chi connectivity index (χ1) is 19.1. The number of rotatable bonds is 8. The van der Waals surface area contributed by atoms with Crippen LogP contribution in [0.2, 0.25) is 5.02 Å². The summed E-state index contributed by atoms with van der Waals surface area (Å²) in [4.78, 5) is 13.2. The van der Waals surface area contributed by atoms with Crippen molar-refractivity contribution in [1.82, 2.24) is 5.32 Å². The summed E-state index contributed by atoms with van der Waals surface area (Å²) in [6.45, 7) is 0. The number of nitrogens with one attached hydrogen (secondary N) is 1. The molecule has 0 saturated carbocycles. The van der Waals surface area contributed by atoms with E-state index in [9.17, 15) is 27.5 Å². The highest BCUT2D eigenvalue weighted by Crippen LogP contribution is 2.51. The Hall–Kier alpha value is -3.72. The minimum atomic E-state index is -4.48. The molecule has 0 bridgehead atoms. The van der Waals surface area contributed by atoms with Crippen molar-refractivity contribution in [3.63, 3.8) is 0 Å². The number of ether oxygens (including phenoxy) is 1. The molecule has 2 N–H and O–H groups in total. The van der Waals surface area contributed by atoms with Crippen LogP contribution in [-0.2, 0) is 17.3 Å². The average molecular weight is 570 g/mol. The van der Waals surface area contributed by atoms with E-state index in [1.807, 2.05) is 12.1 Å². The first-order valence-corrected chi connectivity index (χ1v) is 12.9. The lowest BCUT2D eigenvalue weighted by atomic mass is 9.95. The van der Waals surface area contributed by atoms with Crippen LogP contribution < -0.4 is 5.32 Å². The normalized spacial score (nSPS) is 18.1. The molecule has 1 saturated heterocycles. The van der Waals surface area contributed by atoms with Gasteiger partial charge >= 0.3 is 6.18 Å². The molecular weight excluding hydrogens is 546 g/mol. The van der Waals surface area contributed by atoms with Crippen molar-refractivity contribution < 1.29 is 32.2 Å². The van der Waals surface area contributed by atoms with E-state index in [0.717, 1.165) is 23.3 Å². The van der Waals surface area contributed by atoms with Crippen LogP contribution >= 0.6 is 11.6 Å². The van der Waals surface area contributed by atoms with Gasteiger partial charge in [-0.2, -0.15) is 13.2 Å². The van der Waals surface area contributed by atoms with Crippen LogP contribution in [0, 0.1) is 5.82 Å². The number of amides is 1. The van der Waals surface area contributed by atoms with Gasteiger partial charge in [-0.15, -0.1) is 0 Å². The molecule has 2 unspecified atom stereocenters. The molecule has 1 aliphatic heterocycles. The van der Waals surface area contributed by atoms with Crippen LogP contribution in [0.5, 0.6) is 0 Å². The average Bonchev–Trinajstić information content (AvgIpc) is 3.74. The zero-order chi connectivity index (χ0) is 28.4. The Kier molecular flexibility index (Phi) is 7.94. The highest BCUT2D eigenvalue weighted by atomic mass is 35.5. The van der Waals surface area contributed by atoms with Crippen LogP contribution in [0.1, 0.15) is 56.5 Å². The molecular formula is C31H24ClF4NO3. The smallest absolute Gasteiger partial charge is 0.386 e. The molecule has 4 aromatic rings. The lowest BCUT2D eigenvalue weighted by Crippen LogP contribution is -2.41. The third kappa shape index (κ3) is 6.53. The van der Waals surface area contributed by atoms with Crippen molar-refractivity contribution in [2.75, 3.05) is 0 Å². The first kappa shape index (κ1) is 27.8. The highest BCUT2D eigenvalue weighted by Gasteiger charge is 2.41. The maximum Gasteiger partial charge on any atom is 0.416 e. The fourth-order valence-electron chi connectivity index (χ4n) is 4.57. The summed E-state index contributed by atoms with van der Waals surface area (Å²) in [5.41, 5.74) is 2.26. The maximum atomic E-state index is 13.4. The molecule has 1 fully saturated rings. The predicted octanol–water partition coefficient (Wildman–Crippen LogP) is 7.39. The quantitative estimate of drug-likeness (QED) is 0.172.